The Labute approximate surface area is 174 Å². The van der Waals surface area contributed by atoms with Crippen molar-refractivity contribution in [3.63, 3.8) is 0 Å². The van der Waals surface area contributed by atoms with Crippen molar-refractivity contribution in [3.05, 3.63) is 52.1 Å². The number of carbonyl (C=O) groups excluding carboxylic acids is 2. The first kappa shape index (κ1) is 22.7. The van der Waals surface area contributed by atoms with E-state index in [9.17, 15) is 19.7 Å². The Kier molecular flexibility index (Phi) is 7.74. The number of rotatable bonds is 9. The van der Waals surface area contributed by atoms with E-state index in [1.54, 1.807) is 31.2 Å². The minimum Gasteiger partial charge on any atom is -0.493 e. The zero-order valence-corrected chi connectivity index (χ0v) is 17.4. The summed E-state index contributed by atoms with van der Waals surface area (Å²) in [5, 5.41) is 16.8. The normalized spacial score (nSPS) is 10.4. The number of nitro benzene ring substituents is 1. The van der Waals surface area contributed by atoms with E-state index < -0.39 is 16.5 Å². The van der Waals surface area contributed by atoms with E-state index in [4.69, 9.17) is 9.47 Å². The lowest BCUT2D eigenvalue weighted by molar-refractivity contribution is -0.385. The Morgan fingerprint density at radius 3 is 2.17 bits per heavy atom. The van der Waals surface area contributed by atoms with Crippen molar-refractivity contribution in [1.82, 2.24) is 0 Å². The summed E-state index contributed by atoms with van der Waals surface area (Å²) in [5.74, 6) is -0.119. The van der Waals surface area contributed by atoms with E-state index in [1.165, 1.54) is 13.2 Å². The summed E-state index contributed by atoms with van der Waals surface area (Å²) in [6.07, 6.45) is 0.405. The number of anilines is 2. The van der Waals surface area contributed by atoms with Crippen molar-refractivity contribution >= 4 is 28.9 Å². The minimum atomic E-state index is -0.665. The topological polar surface area (TPSA) is 120 Å². The molecule has 9 nitrogen and oxygen atoms in total. The van der Waals surface area contributed by atoms with Crippen LogP contribution >= 0.6 is 0 Å². The number of benzene rings is 2. The molecule has 0 aliphatic carbocycles. The lowest BCUT2D eigenvalue weighted by atomic mass is 10.1. The third-order valence-electron chi connectivity index (χ3n) is 4.04. The molecule has 0 radical (unpaired) electrons. The summed E-state index contributed by atoms with van der Waals surface area (Å²) in [4.78, 5) is 35.3. The zero-order valence-electron chi connectivity index (χ0n) is 17.4. The summed E-state index contributed by atoms with van der Waals surface area (Å²) >= 11 is 0. The fourth-order valence-corrected chi connectivity index (χ4v) is 2.73. The van der Waals surface area contributed by atoms with Crippen LogP contribution in [-0.4, -0.2) is 30.5 Å². The summed E-state index contributed by atoms with van der Waals surface area (Å²) in [6.45, 7) is 5.96. The van der Waals surface area contributed by atoms with E-state index in [2.05, 4.69) is 10.6 Å². The van der Waals surface area contributed by atoms with Crippen LogP contribution in [-0.2, 0) is 4.79 Å². The molecule has 2 amide bonds. The summed E-state index contributed by atoms with van der Waals surface area (Å²) < 4.78 is 10.5. The first-order chi connectivity index (χ1) is 14.2. The molecule has 160 valence electrons. The van der Waals surface area contributed by atoms with Crippen LogP contribution in [0, 0.1) is 16.0 Å². The van der Waals surface area contributed by atoms with Crippen molar-refractivity contribution in [2.45, 2.75) is 27.2 Å². The molecule has 9 heteroatoms. The van der Waals surface area contributed by atoms with Gasteiger partial charge in [-0.25, -0.2) is 0 Å². The lowest BCUT2D eigenvalue weighted by Gasteiger charge is -2.12. The van der Waals surface area contributed by atoms with Gasteiger partial charge in [-0.15, -0.1) is 0 Å². The molecular formula is C21H25N3O6. The lowest BCUT2D eigenvalue weighted by Crippen LogP contribution is -2.15. The summed E-state index contributed by atoms with van der Waals surface area (Å²) in [6, 6.07) is 8.93. The standard InChI is InChI=1S/C21H25N3O6/c1-5-30-19-11-16(17(24(27)28)12-18(19)29-4)21(26)23-15-8-6-14(7-9-15)22-20(25)10-13(2)3/h6-9,11-13H,5,10H2,1-4H3,(H,22,25)(H,23,26). The molecule has 0 saturated heterocycles. The van der Waals surface area contributed by atoms with Gasteiger partial charge in [0.25, 0.3) is 11.6 Å². The predicted molar refractivity (Wildman–Crippen MR) is 113 cm³/mol. The van der Waals surface area contributed by atoms with E-state index in [1.807, 2.05) is 13.8 Å². The first-order valence-corrected chi connectivity index (χ1v) is 9.45. The maximum absolute atomic E-state index is 12.7. The van der Waals surface area contributed by atoms with E-state index in [0.717, 1.165) is 6.07 Å². The highest BCUT2D eigenvalue weighted by Gasteiger charge is 2.25. The molecule has 0 atom stereocenters. The Morgan fingerprint density at radius 1 is 1.07 bits per heavy atom. The monoisotopic (exact) mass is 415 g/mol. The van der Waals surface area contributed by atoms with Gasteiger partial charge in [0.2, 0.25) is 5.91 Å². The summed E-state index contributed by atoms with van der Waals surface area (Å²) in [5.41, 5.74) is 0.460. The smallest absolute Gasteiger partial charge is 0.286 e. The molecule has 0 heterocycles. The molecule has 2 aromatic rings. The van der Waals surface area contributed by atoms with Crippen LogP contribution in [0.5, 0.6) is 11.5 Å². The van der Waals surface area contributed by atoms with Crippen molar-refractivity contribution in [2.75, 3.05) is 24.4 Å². The highest BCUT2D eigenvalue weighted by Crippen LogP contribution is 2.35. The number of methoxy groups -OCH3 is 1. The molecule has 2 aromatic carbocycles. The van der Waals surface area contributed by atoms with Gasteiger partial charge in [0.05, 0.1) is 24.7 Å². The quantitative estimate of drug-likeness (QED) is 0.467. The number of hydrogen-bond acceptors (Lipinski definition) is 6. The predicted octanol–water partition coefficient (Wildman–Crippen LogP) is 4.24. The number of carbonyl (C=O) groups is 2. The molecule has 2 N–H and O–H groups in total. The Hall–Kier alpha value is -3.62. The SMILES string of the molecule is CCOc1cc(C(=O)Nc2ccc(NC(=O)CC(C)C)cc2)c([N+](=O)[O-])cc1OC. The molecule has 0 fully saturated rings. The third-order valence-corrected chi connectivity index (χ3v) is 4.04. The highest BCUT2D eigenvalue weighted by molar-refractivity contribution is 6.07. The molecule has 0 unspecified atom stereocenters. The van der Waals surface area contributed by atoms with Crippen LogP contribution in [0.1, 0.15) is 37.6 Å². The second-order valence-electron chi connectivity index (χ2n) is 6.89. The molecular weight excluding hydrogens is 390 g/mol. The van der Waals surface area contributed by atoms with Crippen LogP contribution in [0.3, 0.4) is 0 Å². The van der Waals surface area contributed by atoms with Gasteiger partial charge in [-0.2, -0.15) is 0 Å². The van der Waals surface area contributed by atoms with Crippen LogP contribution in [0.4, 0.5) is 17.1 Å². The number of nitro groups is 1. The number of nitrogens with zero attached hydrogens (tertiary/aromatic N) is 1. The van der Waals surface area contributed by atoms with Gasteiger partial charge in [-0.3, -0.25) is 19.7 Å². The average Bonchev–Trinajstić information content (AvgIpc) is 2.68. The molecule has 0 aliphatic heterocycles. The summed E-state index contributed by atoms with van der Waals surface area (Å²) in [7, 11) is 1.36. The molecule has 0 aromatic heterocycles. The number of ether oxygens (including phenoxy) is 2. The fraction of sp³-hybridized carbons (Fsp3) is 0.333. The largest absolute Gasteiger partial charge is 0.493 e. The van der Waals surface area contributed by atoms with Gasteiger partial charge in [0, 0.05) is 23.9 Å². The third kappa shape index (κ3) is 5.94. The van der Waals surface area contributed by atoms with Gasteiger partial charge < -0.3 is 20.1 Å². The Balaban J connectivity index is 2.21. The van der Waals surface area contributed by atoms with Gasteiger partial charge in [-0.1, -0.05) is 13.8 Å². The van der Waals surface area contributed by atoms with Crippen LogP contribution < -0.4 is 20.1 Å². The zero-order chi connectivity index (χ0) is 22.3. The van der Waals surface area contributed by atoms with Crippen molar-refractivity contribution in [1.29, 1.82) is 0 Å². The van der Waals surface area contributed by atoms with Gasteiger partial charge in [0.15, 0.2) is 11.5 Å². The van der Waals surface area contributed by atoms with Gasteiger partial charge in [-0.05, 0) is 37.1 Å². The Morgan fingerprint density at radius 2 is 1.67 bits per heavy atom. The maximum Gasteiger partial charge on any atom is 0.286 e. The second-order valence-corrected chi connectivity index (χ2v) is 6.89. The van der Waals surface area contributed by atoms with Crippen LogP contribution in [0.2, 0.25) is 0 Å². The number of nitrogens with one attached hydrogen (secondary N) is 2. The molecule has 0 aliphatic rings. The van der Waals surface area contributed by atoms with Crippen LogP contribution in [0.25, 0.3) is 0 Å². The Bertz CT molecular complexity index is 925. The van der Waals surface area contributed by atoms with Crippen molar-refractivity contribution in [3.8, 4) is 11.5 Å². The van der Waals surface area contributed by atoms with Crippen molar-refractivity contribution < 1.29 is 24.0 Å². The van der Waals surface area contributed by atoms with Gasteiger partial charge in [0.1, 0.15) is 5.56 Å². The average molecular weight is 415 g/mol. The molecule has 30 heavy (non-hydrogen) atoms. The van der Waals surface area contributed by atoms with Crippen molar-refractivity contribution in [2.24, 2.45) is 5.92 Å². The number of hydrogen-bond donors (Lipinski definition) is 2. The molecule has 0 spiro atoms. The first-order valence-electron chi connectivity index (χ1n) is 9.45. The van der Waals surface area contributed by atoms with Gasteiger partial charge >= 0.3 is 0 Å². The highest BCUT2D eigenvalue weighted by atomic mass is 16.6. The fourth-order valence-electron chi connectivity index (χ4n) is 2.73. The number of amides is 2. The van der Waals surface area contributed by atoms with E-state index in [0.29, 0.717) is 24.4 Å². The van der Waals surface area contributed by atoms with E-state index >= 15 is 0 Å². The van der Waals surface area contributed by atoms with Crippen LogP contribution in [0.15, 0.2) is 36.4 Å². The second kappa shape index (κ2) is 10.2. The molecule has 0 saturated carbocycles. The maximum atomic E-state index is 12.7. The van der Waals surface area contributed by atoms with E-state index in [-0.39, 0.29) is 28.9 Å². The molecule has 0 bridgehead atoms. The minimum absolute atomic E-state index is 0.0981. The molecule has 2 rings (SSSR count).